The maximum Gasteiger partial charge on any atom is 0.294 e. The molecule has 0 saturated carbocycles. The van der Waals surface area contributed by atoms with Crippen LogP contribution < -0.4 is 5.32 Å². The van der Waals surface area contributed by atoms with Crippen molar-refractivity contribution in [3.05, 3.63) is 66.5 Å². The summed E-state index contributed by atoms with van der Waals surface area (Å²) >= 11 is 0. The number of likely N-dealkylation sites (N-methyl/N-ethyl adjacent to an activating group) is 1. The van der Waals surface area contributed by atoms with Crippen LogP contribution in [0, 0.1) is 26.1 Å². The number of amides is 1. The van der Waals surface area contributed by atoms with Crippen LogP contribution in [0.15, 0.2) is 35.1 Å². The van der Waals surface area contributed by atoms with Gasteiger partial charge in [-0.3, -0.25) is 24.2 Å². The fraction of sp³-hybridized carbons (Fsp3) is 0.552. The van der Waals surface area contributed by atoms with Crippen LogP contribution in [0.3, 0.4) is 0 Å². The second-order valence-corrected chi connectivity index (χ2v) is 11.5. The quantitative estimate of drug-likeness (QED) is 0.0524. The van der Waals surface area contributed by atoms with E-state index in [1.54, 1.807) is 19.9 Å². The van der Waals surface area contributed by atoms with Gasteiger partial charge in [-0.1, -0.05) is 26.0 Å². The summed E-state index contributed by atoms with van der Waals surface area (Å²) in [6.45, 7) is 1.64. The van der Waals surface area contributed by atoms with Crippen molar-refractivity contribution in [2.45, 2.75) is 57.0 Å². The molecule has 264 valence electrons. The molecule has 0 aromatic heterocycles. The van der Waals surface area contributed by atoms with Crippen LogP contribution >= 0.6 is 0 Å². The zero-order valence-electron chi connectivity index (χ0n) is 26.6. The van der Waals surface area contributed by atoms with Gasteiger partial charge in [0.15, 0.2) is 11.9 Å². The zero-order chi connectivity index (χ0) is 36.0. The molecule has 1 unspecified atom stereocenters. The lowest BCUT2D eigenvalue weighted by molar-refractivity contribution is -0.758. The predicted octanol–water partition coefficient (Wildman–Crippen LogP) is -0.0285. The molecule has 1 aromatic rings. The van der Waals surface area contributed by atoms with Crippen molar-refractivity contribution in [3.8, 4) is 5.75 Å². The molecule has 19 heteroatoms. The number of fused-ring (bicyclic) bond motifs is 2. The number of carbonyl (C=O) groups is 3. The normalized spacial score (nSPS) is 25.3. The van der Waals surface area contributed by atoms with Gasteiger partial charge in [-0.2, -0.15) is 0 Å². The highest BCUT2D eigenvalue weighted by Crippen LogP contribution is 2.48. The molecule has 0 heterocycles. The van der Waals surface area contributed by atoms with E-state index in [-0.39, 0.29) is 31.5 Å². The second-order valence-electron chi connectivity index (χ2n) is 11.5. The van der Waals surface area contributed by atoms with Gasteiger partial charge in [0.25, 0.3) is 16.1 Å². The Kier molecular flexibility index (Phi) is 12.4. The van der Waals surface area contributed by atoms with E-state index >= 15 is 0 Å². The third-order valence-electron chi connectivity index (χ3n) is 8.51. The van der Waals surface area contributed by atoms with E-state index in [9.17, 15) is 60.1 Å². The number of phenols is 1. The largest absolute Gasteiger partial charge is 0.510 e. The second kappa shape index (κ2) is 15.8. The maximum absolute atomic E-state index is 13.8. The van der Waals surface area contributed by atoms with Gasteiger partial charge in [0.1, 0.15) is 36.1 Å². The number of Topliss-reactive ketones (excluding diaryl/α,β-unsaturated/α-hetero) is 2. The molecular formula is C29H39N5O14. The van der Waals surface area contributed by atoms with Crippen LogP contribution in [0.25, 0.3) is 5.76 Å². The first-order valence-electron chi connectivity index (χ1n) is 14.9. The number of aliphatic hydroxyl groups excluding tert-OH is 4. The number of ketones is 2. The van der Waals surface area contributed by atoms with Gasteiger partial charge in [0.2, 0.25) is 5.78 Å². The molecule has 1 amide bonds. The average Bonchev–Trinajstić information content (AvgIpc) is 3.01. The van der Waals surface area contributed by atoms with Crippen LogP contribution in [-0.4, -0.2) is 128 Å². The molecule has 19 nitrogen and oxygen atoms in total. The topological polar surface area (TPSA) is 276 Å². The highest BCUT2D eigenvalue weighted by Gasteiger charge is 2.48. The molecule has 0 spiro atoms. The highest BCUT2D eigenvalue weighted by molar-refractivity contribution is 6.29. The fourth-order valence-electron chi connectivity index (χ4n) is 6.17. The Morgan fingerprint density at radius 3 is 2.15 bits per heavy atom. The van der Waals surface area contributed by atoms with E-state index in [0.717, 1.165) is 0 Å². The summed E-state index contributed by atoms with van der Waals surface area (Å²) in [5.41, 5.74) is -1.33. The Balaban J connectivity index is 2.10. The molecule has 0 bridgehead atoms. The van der Waals surface area contributed by atoms with E-state index in [2.05, 4.69) is 15.0 Å². The summed E-state index contributed by atoms with van der Waals surface area (Å²) in [5.74, 6) is -8.18. The highest BCUT2D eigenvalue weighted by atomic mass is 17.0. The van der Waals surface area contributed by atoms with Crippen molar-refractivity contribution in [1.82, 2.24) is 15.1 Å². The van der Waals surface area contributed by atoms with Crippen molar-refractivity contribution in [2.75, 3.05) is 40.4 Å². The number of aliphatic hydroxyl groups is 4. The Morgan fingerprint density at radius 2 is 1.62 bits per heavy atom. The molecule has 6 atom stereocenters. The van der Waals surface area contributed by atoms with E-state index in [1.165, 1.54) is 36.0 Å². The lowest BCUT2D eigenvalue weighted by Gasteiger charge is -2.39. The monoisotopic (exact) mass is 681 g/mol. The summed E-state index contributed by atoms with van der Waals surface area (Å²) in [6.07, 6.45) is -5.58. The number of nitrogens with zero attached hydrogens (tertiary/aromatic N) is 4. The summed E-state index contributed by atoms with van der Waals surface area (Å²) in [5, 5.41) is 77.5. The van der Waals surface area contributed by atoms with Gasteiger partial charge < -0.3 is 40.5 Å². The molecule has 2 aliphatic rings. The average molecular weight is 682 g/mol. The van der Waals surface area contributed by atoms with E-state index in [0.29, 0.717) is 5.56 Å². The van der Waals surface area contributed by atoms with Gasteiger partial charge in [0.05, 0.1) is 23.9 Å². The van der Waals surface area contributed by atoms with Crippen LogP contribution in [0.4, 0.5) is 0 Å². The van der Waals surface area contributed by atoms with Crippen LogP contribution in [0.2, 0.25) is 0 Å². The minimum atomic E-state index is -2.65. The van der Waals surface area contributed by atoms with E-state index in [4.69, 9.17) is 0 Å². The number of aromatic hydroxyl groups is 1. The van der Waals surface area contributed by atoms with E-state index in [1.807, 2.05) is 0 Å². The van der Waals surface area contributed by atoms with Gasteiger partial charge in [-0.15, -0.1) is 20.2 Å². The van der Waals surface area contributed by atoms with Crippen molar-refractivity contribution >= 4 is 23.2 Å². The van der Waals surface area contributed by atoms with Crippen LogP contribution in [-0.2, 0) is 24.1 Å². The SMILES string of the molecule is CCC(NC(=O)/C1=C(\O)[C@@H](N(C)C)C[C@@H](O)[C@H]2C(=C(O)c3c(O)cccc3[C@@H]2C)C(=O)[C@H](O)C1=O)N(CCO[N+](=O)[O-])CCO[N+](=O)[O-]. The number of benzene rings is 1. The lowest BCUT2D eigenvalue weighted by Crippen LogP contribution is -2.53. The maximum atomic E-state index is 13.8. The molecule has 2 aliphatic carbocycles. The molecule has 6 N–H and O–H groups in total. The van der Waals surface area contributed by atoms with Crippen molar-refractivity contribution < 1.29 is 59.8 Å². The summed E-state index contributed by atoms with van der Waals surface area (Å²) < 4.78 is 0. The minimum absolute atomic E-state index is 0.0471. The Hall–Kier alpha value is -4.85. The van der Waals surface area contributed by atoms with Crippen molar-refractivity contribution in [3.63, 3.8) is 0 Å². The molecule has 1 aromatic carbocycles. The molecule has 0 radical (unpaired) electrons. The van der Waals surface area contributed by atoms with Crippen LogP contribution in [0.1, 0.15) is 43.7 Å². The Labute approximate surface area is 273 Å². The van der Waals surface area contributed by atoms with Crippen molar-refractivity contribution in [1.29, 1.82) is 0 Å². The number of phenolic OH excluding ortho intramolecular Hbond substituents is 1. The number of carbonyl (C=O) groups excluding carboxylic acids is 3. The van der Waals surface area contributed by atoms with Crippen molar-refractivity contribution in [2.24, 2.45) is 5.92 Å². The first kappa shape index (κ1) is 37.6. The van der Waals surface area contributed by atoms with Gasteiger partial charge in [-0.05, 0) is 44.5 Å². The summed E-state index contributed by atoms with van der Waals surface area (Å²) in [6, 6.07) is 3.10. The molecule has 3 rings (SSSR count). The predicted molar refractivity (Wildman–Crippen MR) is 163 cm³/mol. The Bertz CT molecular complexity index is 1470. The number of hydrogen-bond acceptors (Lipinski definition) is 16. The lowest BCUT2D eigenvalue weighted by atomic mass is 9.68. The zero-order valence-corrected chi connectivity index (χ0v) is 26.6. The standard InChI is InChI=1S/C29H39N5O14/c1-5-19(32(9-11-47-33(43)44)10-12-48-34(45)46)30-29(42)23-24(37)16(31(3)4)13-18(36)20-14(2)15-7-6-8-17(35)21(15)25(38)22(20)26(39)28(41)27(23)40/h6-8,14,16,18-20,28,35-38,41H,5,9-13H2,1-4H3,(H,30,42)/b24-23-/t14-,16-,18+,19?,20-,28-/m0/s1. The number of nitrogens with one attached hydrogen (secondary N) is 1. The van der Waals surface area contributed by atoms with Crippen LogP contribution in [0.5, 0.6) is 5.75 Å². The van der Waals surface area contributed by atoms with E-state index < -0.39 is 106 Å². The summed E-state index contributed by atoms with van der Waals surface area (Å²) in [7, 11) is 2.96. The first-order valence-corrected chi connectivity index (χ1v) is 14.9. The van der Waals surface area contributed by atoms with Gasteiger partial charge in [0, 0.05) is 24.6 Å². The third kappa shape index (κ3) is 7.98. The fourth-order valence-corrected chi connectivity index (χ4v) is 6.17. The smallest absolute Gasteiger partial charge is 0.294 e. The minimum Gasteiger partial charge on any atom is -0.510 e. The molecule has 0 aliphatic heterocycles. The van der Waals surface area contributed by atoms with Gasteiger partial charge in [-0.25, -0.2) is 0 Å². The van der Waals surface area contributed by atoms with Gasteiger partial charge >= 0.3 is 0 Å². The molecular weight excluding hydrogens is 642 g/mol. The number of rotatable bonds is 13. The molecule has 48 heavy (non-hydrogen) atoms. The number of hydrogen-bond donors (Lipinski definition) is 6. The third-order valence-corrected chi connectivity index (χ3v) is 8.51. The summed E-state index contributed by atoms with van der Waals surface area (Å²) in [4.78, 5) is 74.0. The molecule has 0 fully saturated rings. The Morgan fingerprint density at radius 1 is 1.04 bits per heavy atom. The molecule has 0 saturated heterocycles. The first-order chi connectivity index (χ1) is 22.5.